The SMILES string of the molecule is OCC1CC(Nc2nc(Nc3ccc4cc[nH]c4c3)ncc2-c2nc3ccccc3s2)C(O)C1O. The molecule has 0 saturated heterocycles. The number of hydrogen-bond acceptors (Lipinski definition) is 9. The van der Waals surface area contributed by atoms with Crippen molar-refractivity contribution in [2.24, 2.45) is 5.92 Å². The van der Waals surface area contributed by atoms with Gasteiger partial charge in [-0.25, -0.2) is 9.97 Å². The third-order valence-electron chi connectivity index (χ3n) is 6.48. The van der Waals surface area contributed by atoms with Crippen LogP contribution in [-0.2, 0) is 0 Å². The number of thiazole rings is 1. The summed E-state index contributed by atoms with van der Waals surface area (Å²) in [6.45, 7) is -0.196. The van der Waals surface area contributed by atoms with Crippen molar-refractivity contribution in [3.63, 3.8) is 0 Å². The molecule has 3 heterocycles. The van der Waals surface area contributed by atoms with Crippen LogP contribution in [0.25, 0.3) is 31.7 Å². The van der Waals surface area contributed by atoms with E-state index in [2.05, 4.69) is 20.6 Å². The van der Waals surface area contributed by atoms with Crippen molar-refractivity contribution in [2.75, 3.05) is 17.2 Å². The molecular weight excluding hydrogens is 464 g/mol. The molecule has 0 spiro atoms. The molecule has 0 radical (unpaired) electrons. The second-order valence-corrected chi connectivity index (χ2v) is 9.79. The number of aliphatic hydroxyl groups excluding tert-OH is 3. The van der Waals surface area contributed by atoms with Gasteiger partial charge in [0.1, 0.15) is 16.9 Å². The topological polar surface area (TPSA) is 139 Å². The largest absolute Gasteiger partial charge is 0.396 e. The zero-order valence-corrected chi connectivity index (χ0v) is 19.4. The van der Waals surface area contributed by atoms with Gasteiger partial charge in [0.05, 0.1) is 27.9 Å². The lowest BCUT2D eigenvalue weighted by Gasteiger charge is -2.20. The Balaban J connectivity index is 1.37. The second-order valence-electron chi connectivity index (χ2n) is 8.76. The average molecular weight is 489 g/mol. The Labute approximate surface area is 204 Å². The molecule has 1 fully saturated rings. The molecule has 2 aromatic carbocycles. The lowest BCUT2D eigenvalue weighted by Crippen LogP contribution is -2.35. The first kappa shape index (κ1) is 21.9. The van der Waals surface area contributed by atoms with Gasteiger partial charge < -0.3 is 30.9 Å². The number of nitrogens with one attached hydrogen (secondary N) is 3. The number of para-hydroxylation sites is 1. The van der Waals surface area contributed by atoms with Gasteiger partial charge in [0.2, 0.25) is 5.95 Å². The summed E-state index contributed by atoms with van der Waals surface area (Å²) in [7, 11) is 0. The predicted octanol–water partition coefficient (Wildman–Crippen LogP) is 3.49. The maximum absolute atomic E-state index is 10.6. The van der Waals surface area contributed by atoms with E-state index in [4.69, 9.17) is 9.97 Å². The van der Waals surface area contributed by atoms with Crippen LogP contribution in [0.4, 0.5) is 17.5 Å². The van der Waals surface area contributed by atoms with Crippen LogP contribution in [0.15, 0.2) is 60.9 Å². The molecule has 178 valence electrons. The molecule has 0 aliphatic heterocycles. The maximum atomic E-state index is 10.6. The summed E-state index contributed by atoms with van der Waals surface area (Å²) >= 11 is 1.53. The molecule has 1 aliphatic rings. The Morgan fingerprint density at radius 2 is 1.94 bits per heavy atom. The Bertz CT molecular complexity index is 1470. The predicted molar refractivity (Wildman–Crippen MR) is 137 cm³/mol. The van der Waals surface area contributed by atoms with Gasteiger partial charge in [-0.15, -0.1) is 11.3 Å². The van der Waals surface area contributed by atoms with Gasteiger partial charge in [0.15, 0.2) is 0 Å². The highest BCUT2D eigenvalue weighted by Crippen LogP contribution is 2.36. The minimum Gasteiger partial charge on any atom is -0.396 e. The number of hydrogen-bond donors (Lipinski definition) is 6. The zero-order valence-electron chi connectivity index (χ0n) is 18.6. The van der Waals surface area contributed by atoms with E-state index in [1.807, 2.05) is 54.7 Å². The highest BCUT2D eigenvalue weighted by atomic mass is 32.1. The maximum Gasteiger partial charge on any atom is 0.229 e. The van der Waals surface area contributed by atoms with Crippen molar-refractivity contribution in [2.45, 2.75) is 24.7 Å². The standard InChI is InChI=1S/C25H24N6O3S/c32-12-14-9-19(22(34)21(14)33)29-23-16(24-30-17-3-1-2-4-20(17)35-24)11-27-25(31-23)28-15-6-5-13-7-8-26-18(13)10-15/h1-8,10-11,14,19,21-22,26,32-34H,9,12H2,(H2,27,28,29,31). The Morgan fingerprint density at radius 1 is 1.06 bits per heavy atom. The lowest BCUT2D eigenvalue weighted by atomic mass is 10.1. The molecule has 9 nitrogen and oxygen atoms in total. The number of benzene rings is 2. The van der Waals surface area contributed by atoms with Crippen LogP contribution >= 0.6 is 11.3 Å². The monoisotopic (exact) mass is 488 g/mol. The summed E-state index contributed by atoms with van der Waals surface area (Å²) in [5.74, 6) is 0.479. The van der Waals surface area contributed by atoms with E-state index in [0.29, 0.717) is 23.8 Å². The van der Waals surface area contributed by atoms with Gasteiger partial charge in [0.25, 0.3) is 0 Å². The Hall–Kier alpha value is -3.57. The van der Waals surface area contributed by atoms with Gasteiger partial charge in [-0.3, -0.25) is 0 Å². The number of aromatic nitrogens is 4. The average Bonchev–Trinajstić information content (AvgIpc) is 3.58. The molecule has 0 bridgehead atoms. The van der Waals surface area contributed by atoms with E-state index in [0.717, 1.165) is 31.8 Å². The smallest absolute Gasteiger partial charge is 0.229 e. The van der Waals surface area contributed by atoms with Gasteiger partial charge in [-0.2, -0.15) is 4.98 Å². The van der Waals surface area contributed by atoms with Crippen LogP contribution in [0.5, 0.6) is 0 Å². The van der Waals surface area contributed by atoms with E-state index >= 15 is 0 Å². The quantitative estimate of drug-likeness (QED) is 0.214. The van der Waals surface area contributed by atoms with E-state index in [9.17, 15) is 15.3 Å². The van der Waals surface area contributed by atoms with Crippen molar-refractivity contribution in [3.8, 4) is 10.6 Å². The number of anilines is 3. The minimum atomic E-state index is -1.03. The number of H-pyrrole nitrogens is 1. The molecule has 1 aliphatic carbocycles. The Morgan fingerprint density at radius 3 is 2.77 bits per heavy atom. The van der Waals surface area contributed by atoms with E-state index in [1.165, 1.54) is 11.3 Å². The lowest BCUT2D eigenvalue weighted by molar-refractivity contribution is 0.00446. The molecule has 0 amide bonds. The molecule has 10 heteroatoms. The van der Waals surface area contributed by atoms with Crippen molar-refractivity contribution < 1.29 is 15.3 Å². The number of aliphatic hydroxyl groups is 3. The molecule has 4 atom stereocenters. The molecule has 4 unspecified atom stereocenters. The summed E-state index contributed by atoms with van der Waals surface area (Å²) in [5.41, 5.74) is 3.41. The second kappa shape index (κ2) is 8.90. The van der Waals surface area contributed by atoms with Crippen molar-refractivity contribution in [1.82, 2.24) is 19.9 Å². The summed E-state index contributed by atoms with van der Waals surface area (Å²) in [6, 6.07) is 15.4. The molecule has 35 heavy (non-hydrogen) atoms. The summed E-state index contributed by atoms with van der Waals surface area (Å²) < 4.78 is 1.05. The number of nitrogens with zero attached hydrogens (tertiary/aromatic N) is 3. The number of rotatable bonds is 6. The summed E-state index contributed by atoms with van der Waals surface area (Å²) in [5, 5.41) is 38.9. The summed E-state index contributed by atoms with van der Waals surface area (Å²) in [6.07, 6.45) is 1.98. The first-order valence-electron chi connectivity index (χ1n) is 11.4. The van der Waals surface area contributed by atoms with Crippen LogP contribution in [0.2, 0.25) is 0 Å². The normalized spacial score (nSPS) is 22.1. The van der Waals surface area contributed by atoms with E-state index in [-0.39, 0.29) is 6.61 Å². The van der Waals surface area contributed by atoms with E-state index < -0.39 is 24.2 Å². The first-order valence-corrected chi connectivity index (χ1v) is 12.2. The van der Waals surface area contributed by atoms with Crippen LogP contribution in [0.3, 0.4) is 0 Å². The molecule has 6 rings (SSSR count). The fourth-order valence-corrected chi connectivity index (χ4v) is 5.55. The van der Waals surface area contributed by atoms with Crippen molar-refractivity contribution >= 4 is 49.9 Å². The zero-order chi connectivity index (χ0) is 23.9. The number of fused-ring (bicyclic) bond motifs is 2. The van der Waals surface area contributed by atoms with Crippen molar-refractivity contribution in [3.05, 3.63) is 60.9 Å². The third-order valence-corrected chi connectivity index (χ3v) is 7.55. The molecule has 6 N–H and O–H groups in total. The fourth-order valence-electron chi connectivity index (χ4n) is 4.58. The van der Waals surface area contributed by atoms with Crippen LogP contribution < -0.4 is 10.6 Å². The highest BCUT2D eigenvalue weighted by Gasteiger charge is 2.41. The van der Waals surface area contributed by atoms with Crippen LogP contribution in [-0.4, -0.2) is 60.1 Å². The molecule has 1 saturated carbocycles. The van der Waals surface area contributed by atoms with E-state index in [1.54, 1.807) is 6.20 Å². The van der Waals surface area contributed by atoms with Crippen LogP contribution in [0, 0.1) is 5.92 Å². The minimum absolute atomic E-state index is 0.196. The van der Waals surface area contributed by atoms with Crippen LogP contribution in [0.1, 0.15) is 6.42 Å². The molecular formula is C25H24N6O3S. The van der Waals surface area contributed by atoms with Crippen molar-refractivity contribution in [1.29, 1.82) is 0 Å². The molecule has 3 aromatic heterocycles. The third kappa shape index (κ3) is 4.10. The van der Waals surface area contributed by atoms with Gasteiger partial charge in [-0.05, 0) is 42.1 Å². The Kier molecular flexibility index (Phi) is 5.57. The highest BCUT2D eigenvalue weighted by molar-refractivity contribution is 7.21. The van der Waals surface area contributed by atoms with Gasteiger partial charge in [-0.1, -0.05) is 18.2 Å². The first-order chi connectivity index (χ1) is 17.1. The molecule has 5 aromatic rings. The van der Waals surface area contributed by atoms with Gasteiger partial charge >= 0.3 is 0 Å². The summed E-state index contributed by atoms with van der Waals surface area (Å²) in [4.78, 5) is 17.2. The van der Waals surface area contributed by atoms with Gasteiger partial charge in [0, 0.05) is 36.1 Å². The fraction of sp³-hybridized carbons (Fsp3) is 0.240. The number of aromatic amines is 1.